The minimum absolute atomic E-state index is 0.412. The van der Waals surface area contributed by atoms with Gasteiger partial charge in [-0.15, -0.1) is 11.3 Å². The van der Waals surface area contributed by atoms with Crippen molar-refractivity contribution in [2.45, 2.75) is 51.5 Å². The van der Waals surface area contributed by atoms with E-state index < -0.39 is 0 Å². The molecule has 21 heavy (non-hydrogen) atoms. The normalized spacial score (nSPS) is 15.7. The summed E-state index contributed by atoms with van der Waals surface area (Å²) in [5, 5.41) is 3.71. The molecule has 112 valence electrons. The molecular formula is C18H24N2S. The molecule has 0 amide bonds. The zero-order valence-corrected chi connectivity index (χ0v) is 13.6. The minimum Gasteiger partial charge on any atom is -0.309 e. The number of nitrogens with zero attached hydrogens (tertiary/aromatic N) is 1. The van der Waals surface area contributed by atoms with Crippen LogP contribution in [0.15, 0.2) is 30.5 Å². The second-order valence-corrected chi connectivity index (χ2v) is 7.00. The molecule has 1 unspecified atom stereocenters. The van der Waals surface area contributed by atoms with Crippen LogP contribution in [0, 0.1) is 0 Å². The summed E-state index contributed by atoms with van der Waals surface area (Å²) in [4.78, 5) is 7.63. The lowest BCUT2D eigenvalue weighted by Crippen LogP contribution is -2.23. The van der Waals surface area contributed by atoms with Crippen molar-refractivity contribution >= 4 is 11.3 Å². The van der Waals surface area contributed by atoms with Crippen molar-refractivity contribution < 1.29 is 0 Å². The quantitative estimate of drug-likeness (QED) is 0.860. The third-order valence-corrected chi connectivity index (χ3v) is 5.49. The second-order valence-electron chi connectivity index (χ2n) is 5.84. The fraction of sp³-hybridized carbons (Fsp3) is 0.500. The van der Waals surface area contributed by atoms with Crippen molar-refractivity contribution in [2.75, 3.05) is 6.54 Å². The first-order chi connectivity index (χ1) is 10.4. The molecule has 1 aliphatic rings. The van der Waals surface area contributed by atoms with Gasteiger partial charge in [-0.25, -0.2) is 0 Å². The molecule has 0 aromatic carbocycles. The van der Waals surface area contributed by atoms with Gasteiger partial charge in [0, 0.05) is 34.1 Å². The van der Waals surface area contributed by atoms with E-state index in [1.54, 1.807) is 10.4 Å². The van der Waals surface area contributed by atoms with Crippen LogP contribution in [-0.4, -0.2) is 11.5 Å². The van der Waals surface area contributed by atoms with Crippen LogP contribution in [0.25, 0.3) is 0 Å². The zero-order valence-electron chi connectivity index (χ0n) is 12.8. The topological polar surface area (TPSA) is 24.9 Å². The van der Waals surface area contributed by atoms with E-state index in [1.165, 1.54) is 42.7 Å². The van der Waals surface area contributed by atoms with E-state index in [1.807, 2.05) is 23.6 Å². The molecule has 1 N–H and O–H groups in total. The molecular weight excluding hydrogens is 276 g/mol. The summed E-state index contributed by atoms with van der Waals surface area (Å²) in [6.07, 6.45) is 9.33. The van der Waals surface area contributed by atoms with Crippen LogP contribution < -0.4 is 5.32 Å². The van der Waals surface area contributed by atoms with Gasteiger partial charge < -0.3 is 5.32 Å². The number of nitrogens with one attached hydrogen (secondary N) is 1. The Morgan fingerprint density at radius 3 is 2.95 bits per heavy atom. The van der Waals surface area contributed by atoms with Gasteiger partial charge in [0.05, 0.1) is 0 Å². The number of aromatic nitrogens is 1. The van der Waals surface area contributed by atoms with Gasteiger partial charge in [0.15, 0.2) is 0 Å². The molecule has 3 heteroatoms. The number of hydrogen-bond acceptors (Lipinski definition) is 3. The molecule has 1 aliphatic carbocycles. The average Bonchev–Trinajstić information content (AvgIpc) is 2.96. The van der Waals surface area contributed by atoms with E-state index >= 15 is 0 Å². The Kier molecular flexibility index (Phi) is 5.04. The number of fused-ring (bicyclic) bond motifs is 1. The molecule has 0 saturated heterocycles. The maximum Gasteiger partial charge on any atom is 0.0471 e. The van der Waals surface area contributed by atoms with Crippen molar-refractivity contribution in [3.05, 3.63) is 51.5 Å². The van der Waals surface area contributed by atoms with Crippen molar-refractivity contribution in [3.8, 4) is 0 Å². The first-order valence-corrected chi connectivity index (χ1v) is 8.93. The van der Waals surface area contributed by atoms with Gasteiger partial charge in [-0.05, 0) is 62.4 Å². The summed E-state index contributed by atoms with van der Waals surface area (Å²) in [6.45, 7) is 3.30. The largest absolute Gasteiger partial charge is 0.309 e. The predicted molar refractivity (Wildman–Crippen MR) is 89.9 cm³/mol. The maximum atomic E-state index is 4.50. The van der Waals surface area contributed by atoms with Gasteiger partial charge in [-0.1, -0.05) is 13.0 Å². The summed E-state index contributed by atoms with van der Waals surface area (Å²) in [5.74, 6) is 0. The van der Waals surface area contributed by atoms with Gasteiger partial charge in [-0.3, -0.25) is 4.98 Å². The number of thiophene rings is 1. The lowest BCUT2D eigenvalue weighted by molar-refractivity contribution is 0.531. The van der Waals surface area contributed by atoms with Crippen LogP contribution in [-0.2, 0) is 19.3 Å². The van der Waals surface area contributed by atoms with E-state index in [-0.39, 0.29) is 0 Å². The molecule has 2 aromatic heterocycles. The molecule has 1 atom stereocenters. The lowest BCUT2D eigenvalue weighted by atomic mass is 9.98. The van der Waals surface area contributed by atoms with Crippen LogP contribution in [0.1, 0.15) is 53.2 Å². The first-order valence-electron chi connectivity index (χ1n) is 8.11. The van der Waals surface area contributed by atoms with Gasteiger partial charge >= 0.3 is 0 Å². The number of hydrogen-bond donors (Lipinski definition) is 1. The highest BCUT2D eigenvalue weighted by molar-refractivity contribution is 7.12. The highest BCUT2D eigenvalue weighted by Gasteiger charge is 2.19. The van der Waals surface area contributed by atoms with E-state index in [4.69, 9.17) is 0 Å². The molecule has 0 aliphatic heterocycles. The van der Waals surface area contributed by atoms with Crippen LogP contribution in [0.2, 0.25) is 0 Å². The van der Waals surface area contributed by atoms with E-state index in [0.717, 1.165) is 13.0 Å². The molecule has 2 heterocycles. The van der Waals surface area contributed by atoms with Crippen LogP contribution in [0.4, 0.5) is 0 Å². The molecule has 0 radical (unpaired) electrons. The highest BCUT2D eigenvalue weighted by Crippen LogP contribution is 2.33. The second kappa shape index (κ2) is 7.19. The zero-order chi connectivity index (χ0) is 14.5. The van der Waals surface area contributed by atoms with Gasteiger partial charge in [0.2, 0.25) is 0 Å². The molecule has 0 saturated carbocycles. The van der Waals surface area contributed by atoms with Gasteiger partial charge in [0.25, 0.3) is 0 Å². The highest BCUT2D eigenvalue weighted by atomic mass is 32.1. The lowest BCUT2D eigenvalue weighted by Gasteiger charge is -2.16. The summed E-state index contributed by atoms with van der Waals surface area (Å²) >= 11 is 2.02. The first kappa shape index (κ1) is 14.7. The van der Waals surface area contributed by atoms with Crippen molar-refractivity contribution in [2.24, 2.45) is 0 Å². The summed E-state index contributed by atoms with van der Waals surface area (Å²) < 4.78 is 0. The molecule has 0 fully saturated rings. The Morgan fingerprint density at radius 2 is 2.19 bits per heavy atom. The van der Waals surface area contributed by atoms with E-state index in [2.05, 4.69) is 35.4 Å². The molecule has 3 rings (SSSR count). The maximum absolute atomic E-state index is 4.50. The fourth-order valence-electron chi connectivity index (χ4n) is 3.01. The third-order valence-electron chi connectivity index (χ3n) is 4.14. The molecule has 2 aromatic rings. The fourth-order valence-corrected chi connectivity index (χ4v) is 4.34. The number of rotatable bonds is 6. The summed E-state index contributed by atoms with van der Waals surface area (Å²) in [6, 6.07) is 9.07. The Balaban J connectivity index is 1.79. The van der Waals surface area contributed by atoms with Gasteiger partial charge in [-0.2, -0.15) is 0 Å². The van der Waals surface area contributed by atoms with Crippen LogP contribution >= 0.6 is 11.3 Å². The number of aryl methyl sites for hydroxylation is 2. The SMILES string of the molecule is CCCNC(Cc1ccccn1)c1cc2c(s1)CCCC2. The van der Waals surface area contributed by atoms with E-state index in [9.17, 15) is 0 Å². The van der Waals surface area contributed by atoms with Crippen LogP contribution in [0.3, 0.4) is 0 Å². The average molecular weight is 300 g/mol. The Morgan fingerprint density at radius 1 is 1.29 bits per heavy atom. The standard InChI is InChI=1S/C18H24N2S/c1-2-10-20-16(13-15-8-5-6-11-19-15)18-12-14-7-3-4-9-17(14)21-18/h5-6,8,11-12,16,20H,2-4,7,9-10,13H2,1H3. The third kappa shape index (κ3) is 3.72. The smallest absolute Gasteiger partial charge is 0.0471 e. The predicted octanol–water partition coefficient (Wildman–Crippen LogP) is 4.31. The summed E-state index contributed by atoms with van der Waals surface area (Å²) in [5.41, 5.74) is 2.78. The monoisotopic (exact) mass is 300 g/mol. The molecule has 0 spiro atoms. The Labute approximate surface area is 131 Å². The van der Waals surface area contributed by atoms with Crippen LogP contribution in [0.5, 0.6) is 0 Å². The number of pyridine rings is 1. The van der Waals surface area contributed by atoms with Crippen molar-refractivity contribution in [3.63, 3.8) is 0 Å². The van der Waals surface area contributed by atoms with Gasteiger partial charge in [0.1, 0.15) is 0 Å². The molecule has 2 nitrogen and oxygen atoms in total. The van der Waals surface area contributed by atoms with Crippen molar-refractivity contribution in [1.82, 2.24) is 10.3 Å². The summed E-state index contributed by atoms with van der Waals surface area (Å²) in [7, 11) is 0. The molecule has 0 bridgehead atoms. The Bertz CT molecular complexity index is 538. The minimum atomic E-state index is 0.412. The van der Waals surface area contributed by atoms with Crippen molar-refractivity contribution in [1.29, 1.82) is 0 Å². The van der Waals surface area contributed by atoms with E-state index in [0.29, 0.717) is 6.04 Å². The Hall–Kier alpha value is -1.19.